The van der Waals surface area contributed by atoms with Crippen LogP contribution < -0.4 is 10.5 Å². The Hall–Kier alpha value is -1.71. The first-order chi connectivity index (χ1) is 11.2. The third-order valence-corrected chi connectivity index (χ3v) is 5.04. The highest BCUT2D eigenvalue weighted by atomic mass is 32.2. The molecule has 1 aliphatic rings. The first kappa shape index (κ1) is 20.3. The summed E-state index contributed by atoms with van der Waals surface area (Å²) in [5, 5.41) is 7.42. The molecule has 0 amide bonds. The molecule has 1 unspecified atom stereocenters. The van der Waals surface area contributed by atoms with E-state index in [1.54, 1.807) is 0 Å². The molecule has 1 aliphatic heterocycles. The van der Waals surface area contributed by atoms with Crippen molar-refractivity contribution in [1.29, 1.82) is 0 Å². The minimum atomic E-state index is -3.34. The van der Waals surface area contributed by atoms with E-state index in [-0.39, 0.29) is 24.2 Å². The number of hydrogen-bond acceptors (Lipinski definition) is 5. The highest BCUT2D eigenvalue weighted by Gasteiger charge is 2.27. The van der Waals surface area contributed by atoms with Crippen LogP contribution in [0.2, 0.25) is 0 Å². The molecule has 136 valence electrons. The van der Waals surface area contributed by atoms with E-state index in [9.17, 15) is 12.8 Å². The van der Waals surface area contributed by atoms with Gasteiger partial charge in [0.25, 0.3) is 5.97 Å². The third-order valence-electron chi connectivity index (χ3n) is 3.24. The maximum atomic E-state index is 12.7. The molecule has 0 spiro atoms. The topological polar surface area (TPSA) is 110 Å². The van der Waals surface area contributed by atoms with E-state index in [4.69, 9.17) is 20.4 Å². The summed E-state index contributed by atoms with van der Waals surface area (Å²) in [6.07, 6.45) is 1.65. The van der Waals surface area contributed by atoms with Gasteiger partial charge in [-0.05, 0) is 37.1 Å². The minimum Gasteiger partial charge on any atom is -0.492 e. The van der Waals surface area contributed by atoms with E-state index in [1.807, 2.05) is 0 Å². The van der Waals surface area contributed by atoms with Gasteiger partial charge in [0.15, 0.2) is 0 Å². The van der Waals surface area contributed by atoms with Crippen molar-refractivity contribution in [3.63, 3.8) is 0 Å². The lowest BCUT2D eigenvalue weighted by Crippen LogP contribution is -2.46. The summed E-state index contributed by atoms with van der Waals surface area (Å²) in [5.74, 6) is -0.832. The number of piperidine rings is 1. The number of nitrogens with zero attached hydrogens (tertiary/aromatic N) is 1. The first-order valence-corrected chi connectivity index (χ1v) is 9.13. The van der Waals surface area contributed by atoms with E-state index >= 15 is 0 Å². The van der Waals surface area contributed by atoms with Crippen molar-refractivity contribution in [1.82, 2.24) is 4.31 Å². The van der Waals surface area contributed by atoms with Crippen molar-refractivity contribution in [2.24, 2.45) is 5.73 Å². The van der Waals surface area contributed by atoms with Crippen molar-refractivity contribution < 1.29 is 27.4 Å². The highest BCUT2D eigenvalue weighted by Crippen LogP contribution is 2.14. The Morgan fingerprint density at radius 1 is 1.42 bits per heavy atom. The summed E-state index contributed by atoms with van der Waals surface area (Å²) >= 11 is 0. The quantitative estimate of drug-likeness (QED) is 0.810. The summed E-state index contributed by atoms with van der Waals surface area (Å²) in [6.45, 7) is 2.02. The number of carbonyl (C=O) groups is 1. The molecule has 1 saturated heterocycles. The molecule has 0 aromatic heterocycles. The Balaban J connectivity index is 0.000000648. The van der Waals surface area contributed by atoms with Gasteiger partial charge < -0.3 is 15.6 Å². The summed E-state index contributed by atoms with van der Waals surface area (Å²) in [7, 11) is -3.34. The third kappa shape index (κ3) is 7.71. The van der Waals surface area contributed by atoms with Crippen LogP contribution in [-0.2, 0) is 14.8 Å². The molecular formula is C15H23FN2O5S. The summed E-state index contributed by atoms with van der Waals surface area (Å²) < 4.78 is 43.7. The number of nitrogens with two attached hydrogens (primary N) is 1. The zero-order chi connectivity index (χ0) is 18.2. The van der Waals surface area contributed by atoms with Crippen molar-refractivity contribution >= 4 is 16.0 Å². The molecule has 1 heterocycles. The fourth-order valence-electron chi connectivity index (χ4n) is 2.15. The molecule has 0 bridgehead atoms. The van der Waals surface area contributed by atoms with E-state index in [1.165, 1.54) is 28.6 Å². The Morgan fingerprint density at radius 3 is 2.54 bits per heavy atom. The number of aliphatic carboxylic acids is 1. The predicted molar refractivity (Wildman–Crippen MR) is 87.8 cm³/mol. The van der Waals surface area contributed by atoms with Crippen LogP contribution >= 0.6 is 0 Å². The summed E-state index contributed by atoms with van der Waals surface area (Å²) in [4.78, 5) is 9.00. The van der Waals surface area contributed by atoms with Crippen molar-refractivity contribution in [2.45, 2.75) is 25.8 Å². The van der Waals surface area contributed by atoms with Crippen LogP contribution in [0.1, 0.15) is 19.8 Å². The fourth-order valence-corrected chi connectivity index (χ4v) is 3.53. The number of sulfonamides is 1. The van der Waals surface area contributed by atoms with Gasteiger partial charge in [0.05, 0.1) is 5.75 Å². The molecule has 9 heteroatoms. The normalized spacial score (nSPS) is 18.4. The number of carboxylic acid groups (broad SMARTS) is 1. The lowest BCUT2D eigenvalue weighted by Gasteiger charge is -2.29. The number of carboxylic acids is 1. The number of halogens is 1. The molecule has 24 heavy (non-hydrogen) atoms. The van der Waals surface area contributed by atoms with Gasteiger partial charge in [-0.25, -0.2) is 17.1 Å². The molecular weight excluding hydrogens is 339 g/mol. The highest BCUT2D eigenvalue weighted by molar-refractivity contribution is 7.89. The summed E-state index contributed by atoms with van der Waals surface area (Å²) in [6, 6.07) is 5.40. The number of hydrogen-bond donors (Lipinski definition) is 2. The van der Waals surface area contributed by atoms with E-state index in [2.05, 4.69) is 0 Å². The second-order valence-corrected chi connectivity index (χ2v) is 7.49. The smallest absolute Gasteiger partial charge is 0.300 e. The maximum absolute atomic E-state index is 12.7. The van der Waals surface area contributed by atoms with Crippen molar-refractivity contribution in [3.8, 4) is 5.75 Å². The average Bonchev–Trinajstić information content (AvgIpc) is 2.49. The predicted octanol–water partition coefficient (Wildman–Crippen LogP) is 1.05. The Morgan fingerprint density at radius 2 is 2.00 bits per heavy atom. The largest absolute Gasteiger partial charge is 0.492 e. The number of ether oxygens (including phenoxy) is 1. The first-order valence-electron chi connectivity index (χ1n) is 7.52. The van der Waals surface area contributed by atoms with Crippen LogP contribution in [0.15, 0.2) is 24.3 Å². The van der Waals surface area contributed by atoms with E-state index < -0.39 is 16.0 Å². The van der Waals surface area contributed by atoms with Gasteiger partial charge in [0, 0.05) is 26.1 Å². The molecule has 1 atom stereocenters. The van der Waals surface area contributed by atoms with E-state index in [0.717, 1.165) is 19.8 Å². The zero-order valence-electron chi connectivity index (χ0n) is 13.5. The summed E-state index contributed by atoms with van der Waals surface area (Å²) in [5.41, 5.74) is 5.78. The van der Waals surface area contributed by atoms with Gasteiger partial charge in [0.2, 0.25) is 10.0 Å². The Bertz CT molecular complexity index is 617. The van der Waals surface area contributed by atoms with Crippen LogP contribution in [0.5, 0.6) is 5.75 Å². The van der Waals surface area contributed by atoms with E-state index in [0.29, 0.717) is 18.8 Å². The van der Waals surface area contributed by atoms with Gasteiger partial charge in [0.1, 0.15) is 18.2 Å². The molecule has 2 rings (SSSR count). The maximum Gasteiger partial charge on any atom is 0.300 e. The SMILES string of the molecule is CC(=O)O.NC1CCCN(S(=O)(=O)CCOc2ccc(F)cc2)C1. The van der Waals surface area contributed by atoms with Crippen LogP contribution in [0, 0.1) is 5.82 Å². The minimum absolute atomic E-state index is 0.0414. The lowest BCUT2D eigenvalue weighted by molar-refractivity contribution is -0.134. The van der Waals surface area contributed by atoms with Crippen LogP contribution in [0.4, 0.5) is 4.39 Å². The van der Waals surface area contributed by atoms with Crippen LogP contribution in [-0.4, -0.2) is 55.3 Å². The number of benzene rings is 1. The number of rotatable bonds is 5. The van der Waals surface area contributed by atoms with Crippen molar-refractivity contribution in [2.75, 3.05) is 25.4 Å². The van der Waals surface area contributed by atoms with Crippen molar-refractivity contribution in [3.05, 3.63) is 30.1 Å². The standard InChI is InChI=1S/C13H19FN2O3S.C2H4O2/c14-11-3-5-13(6-4-11)19-8-9-20(17,18)16-7-1-2-12(15)10-16;1-2(3)4/h3-6,12H,1-2,7-10,15H2;1H3,(H,3,4). The second-order valence-electron chi connectivity index (χ2n) is 5.40. The lowest BCUT2D eigenvalue weighted by atomic mass is 10.1. The fraction of sp³-hybridized carbons (Fsp3) is 0.533. The van der Waals surface area contributed by atoms with Gasteiger partial charge in [-0.2, -0.15) is 0 Å². The van der Waals surface area contributed by atoms with Crippen LogP contribution in [0.25, 0.3) is 0 Å². The molecule has 0 aliphatic carbocycles. The van der Waals surface area contributed by atoms with Gasteiger partial charge in [-0.1, -0.05) is 0 Å². The molecule has 7 nitrogen and oxygen atoms in total. The zero-order valence-corrected chi connectivity index (χ0v) is 14.3. The molecule has 0 radical (unpaired) electrons. The Kier molecular flexibility index (Phi) is 8.09. The molecule has 0 saturated carbocycles. The van der Waals surface area contributed by atoms with Crippen LogP contribution in [0.3, 0.4) is 0 Å². The van der Waals surface area contributed by atoms with Gasteiger partial charge in [-0.3, -0.25) is 4.79 Å². The average molecular weight is 362 g/mol. The van der Waals surface area contributed by atoms with Gasteiger partial charge in [-0.15, -0.1) is 0 Å². The monoisotopic (exact) mass is 362 g/mol. The van der Waals surface area contributed by atoms with Gasteiger partial charge >= 0.3 is 0 Å². The Labute approximate surface area is 141 Å². The molecule has 1 aromatic carbocycles. The molecule has 1 aromatic rings. The molecule has 3 N–H and O–H groups in total. The molecule has 1 fully saturated rings. The second kappa shape index (κ2) is 9.55.